The Kier molecular flexibility index (Phi) is 7.04. The van der Waals surface area contributed by atoms with Gasteiger partial charge in [-0.2, -0.15) is 0 Å². The van der Waals surface area contributed by atoms with Gasteiger partial charge in [-0.3, -0.25) is 9.59 Å². The second kappa shape index (κ2) is 8.81. The Bertz CT molecular complexity index is 425. The van der Waals surface area contributed by atoms with Crippen LogP contribution in [0.25, 0.3) is 0 Å². The van der Waals surface area contributed by atoms with E-state index in [1.54, 1.807) is 0 Å². The zero-order chi connectivity index (χ0) is 17.7. The number of carbonyl (C=O) groups excluding carboxylic acids is 2. The predicted octanol–water partition coefficient (Wildman–Crippen LogP) is 1.78. The number of ether oxygens (including phenoxy) is 2. The van der Waals surface area contributed by atoms with Crippen molar-refractivity contribution in [3.05, 3.63) is 0 Å². The van der Waals surface area contributed by atoms with Crippen LogP contribution < -0.4 is 5.32 Å². The molecule has 138 valence electrons. The summed E-state index contributed by atoms with van der Waals surface area (Å²) in [6, 6.07) is -0.438. The Morgan fingerprint density at radius 3 is 2.17 bits per heavy atom. The summed E-state index contributed by atoms with van der Waals surface area (Å²) < 4.78 is 11.2. The molecule has 0 radical (unpaired) electrons. The van der Waals surface area contributed by atoms with Crippen LogP contribution in [0, 0.1) is 17.8 Å². The minimum absolute atomic E-state index is 0.0359. The van der Waals surface area contributed by atoms with Gasteiger partial charge in [0, 0.05) is 25.4 Å². The third kappa shape index (κ3) is 5.18. The molecule has 1 unspecified atom stereocenters. The van der Waals surface area contributed by atoms with Gasteiger partial charge in [-0.1, -0.05) is 27.7 Å². The SMILES string of the molecule is CC(C)CC(=O)NC(C(=O)N1CCC(C2OCCO2)CC1)C(C)C. The first-order chi connectivity index (χ1) is 11.4. The second-order valence-corrected chi connectivity index (χ2v) is 7.66. The van der Waals surface area contributed by atoms with Crippen LogP contribution in [-0.4, -0.2) is 55.3 Å². The summed E-state index contributed by atoms with van der Waals surface area (Å²) in [5, 5.41) is 2.93. The highest BCUT2D eigenvalue weighted by molar-refractivity contribution is 5.88. The smallest absolute Gasteiger partial charge is 0.245 e. The van der Waals surface area contributed by atoms with Gasteiger partial charge in [0.15, 0.2) is 6.29 Å². The highest BCUT2D eigenvalue weighted by Gasteiger charge is 2.35. The van der Waals surface area contributed by atoms with Crippen molar-refractivity contribution >= 4 is 11.8 Å². The molecule has 0 aromatic rings. The van der Waals surface area contributed by atoms with Crippen LogP contribution >= 0.6 is 0 Å². The first-order valence-corrected chi connectivity index (χ1v) is 9.19. The van der Waals surface area contributed by atoms with Gasteiger partial charge in [0.1, 0.15) is 6.04 Å². The predicted molar refractivity (Wildman–Crippen MR) is 91.2 cm³/mol. The lowest BCUT2D eigenvalue weighted by molar-refractivity contribution is -0.142. The van der Waals surface area contributed by atoms with Crippen molar-refractivity contribution in [1.82, 2.24) is 10.2 Å². The number of nitrogens with zero attached hydrogens (tertiary/aromatic N) is 1. The standard InChI is InChI=1S/C18H32N2O4/c1-12(2)11-15(21)19-16(13(3)4)17(22)20-7-5-14(6-8-20)18-23-9-10-24-18/h12-14,16,18H,5-11H2,1-4H3,(H,19,21). The average molecular weight is 340 g/mol. The number of carbonyl (C=O) groups is 2. The molecule has 2 saturated heterocycles. The molecule has 0 aromatic heterocycles. The van der Waals surface area contributed by atoms with E-state index in [0.717, 1.165) is 12.8 Å². The molecule has 2 heterocycles. The van der Waals surface area contributed by atoms with Crippen LogP contribution in [0.5, 0.6) is 0 Å². The molecule has 0 spiro atoms. The monoisotopic (exact) mass is 340 g/mol. The van der Waals surface area contributed by atoms with Crippen LogP contribution in [0.15, 0.2) is 0 Å². The number of rotatable bonds is 6. The highest BCUT2D eigenvalue weighted by Crippen LogP contribution is 2.26. The van der Waals surface area contributed by atoms with Crippen molar-refractivity contribution in [3.63, 3.8) is 0 Å². The molecule has 0 bridgehead atoms. The zero-order valence-electron chi connectivity index (χ0n) is 15.4. The Morgan fingerprint density at radius 2 is 1.67 bits per heavy atom. The maximum atomic E-state index is 12.8. The molecule has 2 aliphatic rings. The normalized spacial score (nSPS) is 21.5. The molecule has 1 N–H and O–H groups in total. The van der Waals surface area contributed by atoms with Gasteiger partial charge in [0.05, 0.1) is 13.2 Å². The summed E-state index contributed by atoms with van der Waals surface area (Å²) in [6.45, 7) is 10.7. The van der Waals surface area contributed by atoms with Gasteiger partial charge in [-0.15, -0.1) is 0 Å². The van der Waals surface area contributed by atoms with Gasteiger partial charge >= 0.3 is 0 Å². The van der Waals surface area contributed by atoms with Gasteiger partial charge in [0.25, 0.3) is 0 Å². The molecule has 0 aliphatic carbocycles. The second-order valence-electron chi connectivity index (χ2n) is 7.66. The fourth-order valence-corrected chi connectivity index (χ4v) is 3.35. The van der Waals surface area contributed by atoms with E-state index in [9.17, 15) is 9.59 Å². The van der Waals surface area contributed by atoms with Crippen molar-refractivity contribution in [2.45, 2.75) is 59.3 Å². The van der Waals surface area contributed by atoms with Crippen LogP contribution in [0.3, 0.4) is 0 Å². The number of hydrogen-bond acceptors (Lipinski definition) is 4. The zero-order valence-corrected chi connectivity index (χ0v) is 15.4. The molecular weight excluding hydrogens is 308 g/mol. The van der Waals surface area contributed by atoms with E-state index in [-0.39, 0.29) is 29.9 Å². The number of piperidine rings is 1. The van der Waals surface area contributed by atoms with Crippen molar-refractivity contribution in [2.24, 2.45) is 17.8 Å². The summed E-state index contributed by atoms with van der Waals surface area (Å²) in [6.07, 6.45) is 2.13. The lowest BCUT2D eigenvalue weighted by Crippen LogP contribution is -2.53. The van der Waals surface area contributed by atoms with Crippen molar-refractivity contribution < 1.29 is 19.1 Å². The molecule has 24 heavy (non-hydrogen) atoms. The number of likely N-dealkylation sites (tertiary alicyclic amines) is 1. The molecule has 1 atom stereocenters. The highest BCUT2D eigenvalue weighted by atomic mass is 16.7. The van der Waals surface area contributed by atoms with Crippen LogP contribution in [0.1, 0.15) is 47.0 Å². The van der Waals surface area contributed by atoms with Crippen LogP contribution in [-0.2, 0) is 19.1 Å². The van der Waals surface area contributed by atoms with Crippen LogP contribution in [0.2, 0.25) is 0 Å². The minimum Gasteiger partial charge on any atom is -0.350 e. The third-order valence-electron chi connectivity index (χ3n) is 4.73. The quantitative estimate of drug-likeness (QED) is 0.800. The van der Waals surface area contributed by atoms with E-state index >= 15 is 0 Å². The summed E-state index contributed by atoms with van der Waals surface area (Å²) >= 11 is 0. The molecule has 2 amide bonds. The summed E-state index contributed by atoms with van der Waals surface area (Å²) in [5.74, 6) is 0.723. The van der Waals surface area contributed by atoms with Crippen molar-refractivity contribution in [2.75, 3.05) is 26.3 Å². The molecular formula is C18H32N2O4. The van der Waals surface area contributed by atoms with E-state index in [4.69, 9.17) is 9.47 Å². The van der Waals surface area contributed by atoms with E-state index in [1.165, 1.54) is 0 Å². The Labute approximate surface area is 145 Å². The maximum Gasteiger partial charge on any atom is 0.245 e. The molecule has 0 saturated carbocycles. The summed E-state index contributed by atoms with van der Waals surface area (Å²) in [7, 11) is 0. The Balaban J connectivity index is 1.87. The lowest BCUT2D eigenvalue weighted by Gasteiger charge is -2.36. The molecule has 6 nitrogen and oxygen atoms in total. The molecule has 2 rings (SSSR count). The Hall–Kier alpha value is -1.14. The van der Waals surface area contributed by atoms with Gasteiger partial charge in [-0.25, -0.2) is 0 Å². The number of amides is 2. The topological polar surface area (TPSA) is 67.9 Å². The molecule has 2 fully saturated rings. The summed E-state index contributed by atoms with van der Waals surface area (Å²) in [5.41, 5.74) is 0. The van der Waals surface area contributed by atoms with Crippen LogP contribution in [0.4, 0.5) is 0 Å². The Morgan fingerprint density at radius 1 is 1.08 bits per heavy atom. The fourth-order valence-electron chi connectivity index (χ4n) is 3.35. The maximum absolute atomic E-state index is 12.8. The molecule has 6 heteroatoms. The molecule has 2 aliphatic heterocycles. The van der Waals surface area contributed by atoms with Crippen molar-refractivity contribution in [3.8, 4) is 0 Å². The van der Waals surface area contributed by atoms with E-state index in [1.807, 2.05) is 32.6 Å². The van der Waals surface area contributed by atoms with Gasteiger partial charge < -0.3 is 19.7 Å². The van der Waals surface area contributed by atoms with E-state index < -0.39 is 6.04 Å². The van der Waals surface area contributed by atoms with E-state index in [0.29, 0.717) is 38.6 Å². The first kappa shape index (κ1) is 19.2. The largest absolute Gasteiger partial charge is 0.350 e. The average Bonchev–Trinajstić information content (AvgIpc) is 3.05. The van der Waals surface area contributed by atoms with E-state index in [2.05, 4.69) is 5.32 Å². The summed E-state index contributed by atoms with van der Waals surface area (Å²) in [4.78, 5) is 26.8. The number of nitrogens with one attached hydrogen (secondary N) is 1. The minimum atomic E-state index is -0.438. The number of hydrogen-bond donors (Lipinski definition) is 1. The fraction of sp³-hybridized carbons (Fsp3) is 0.889. The first-order valence-electron chi connectivity index (χ1n) is 9.19. The molecule has 0 aromatic carbocycles. The lowest BCUT2D eigenvalue weighted by atomic mass is 9.94. The van der Waals surface area contributed by atoms with Gasteiger partial charge in [-0.05, 0) is 24.7 Å². The third-order valence-corrected chi connectivity index (χ3v) is 4.73. The van der Waals surface area contributed by atoms with Crippen molar-refractivity contribution in [1.29, 1.82) is 0 Å². The van der Waals surface area contributed by atoms with Gasteiger partial charge in [0.2, 0.25) is 11.8 Å².